The zero-order valence-corrected chi connectivity index (χ0v) is 27.9. The van der Waals surface area contributed by atoms with Gasteiger partial charge in [0.15, 0.2) is 11.3 Å². The molecule has 0 saturated carbocycles. The van der Waals surface area contributed by atoms with E-state index < -0.39 is 5.60 Å². The van der Waals surface area contributed by atoms with Gasteiger partial charge in [-0.05, 0) is 74.7 Å². The summed E-state index contributed by atoms with van der Waals surface area (Å²) in [7, 11) is 0. The minimum atomic E-state index is -0.846. The highest BCUT2D eigenvalue weighted by molar-refractivity contribution is 7.13. The van der Waals surface area contributed by atoms with E-state index >= 15 is 0 Å². The van der Waals surface area contributed by atoms with Gasteiger partial charge in [-0.3, -0.25) is 0 Å². The number of ether oxygens (including phenoxy) is 2. The number of hydrogen-bond acceptors (Lipinski definition) is 7. The summed E-state index contributed by atoms with van der Waals surface area (Å²) in [5, 5.41) is 28.5. The fourth-order valence-electron chi connectivity index (χ4n) is 5.15. The number of unbranched alkanes of at least 4 members (excludes halogenated alkanes) is 2. The van der Waals surface area contributed by atoms with Gasteiger partial charge in [0, 0.05) is 45.7 Å². The maximum Gasteiger partial charge on any atom is 0.172 e. The summed E-state index contributed by atoms with van der Waals surface area (Å²) < 4.78 is 12.3. The van der Waals surface area contributed by atoms with E-state index in [2.05, 4.69) is 73.4 Å². The van der Waals surface area contributed by atoms with Crippen molar-refractivity contribution in [2.45, 2.75) is 65.6 Å². The van der Waals surface area contributed by atoms with Crippen molar-refractivity contribution < 1.29 is 9.47 Å². The fourth-order valence-corrected chi connectivity index (χ4v) is 5.97. The van der Waals surface area contributed by atoms with Crippen molar-refractivity contribution in [3.63, 3.8) is 0 Å². The summed E-state index contributed by atoms with van der Waals surface area (Å²) >= 11 is 1.62. The van der Waals surface area contributed by atoms with E-state index in [1.165, 1.54) is 5.69 Å². The van der Waals surface area contributed by atoms with Gasteiger partial charge >= 0.3 is 0 Å². The first-order valence-corrected chi connectivity index (χ1v) is 16.6. The van der Waals surface area contributed by atoms with Crippen LogP contribution in [0, 0.1) is 34.0 Å². The molecule has 0 bridgehead atoms. The van der Waals surface area contributed by atoms with Crippen LogP contribution in [0.2, 0.25) is 0 Å². The quantitative estimate of drug-likeness (QED) is 0.165. The highest BCUT2D eigenvalue weighted by Gasteiger charge is 2.38. The van der Waals surface area contributed by atoms with Crippen LogP contribution in [0.5, 0.6) is 5.75 Å². The lowest BCUT2D eigenvalue weighted by Gasteiger charge is -2.25. The molecule has 7 heteroatoms. The average molecular weight is 629 g/mol. The fraction of sp³-hybridized carbons (Fsp3) is 0.308. The predicted octanol–water partition coefficient (Wildman–Crippen LogP) is 9.85. The lowest BCUT2D eigenvalue weighted by atomic mass is 9.94. The molecule has 0 saturated heterocycles. The molecule has 46 heavy (non-hydrogen) atoms. The van der Waals surface area contributed by atoms with Gasteiger partial charge in [-0.2, -0.15) is 15.8 Å². The molecule has 3 aromatic rings. The maximum atomic E-state index is 9.81. The smallest absolute Gasteiger partial charge is 0.172 e. The summed E-state index contributed by atoms with van der Waals surface area (Å²) in [6.45, 7) is 10.6. The van der Waals surface area contributed by atoms with Gasteiger partial charge in [-0.1, -0.05) is 63.1 Å². The second-order valence-electron chi connectivity index (χ2n) is 11.5. The van der Waals surface area contributed by atoms with Crippen LogP contribution in [-0.2, 0) is 11.3 Å². The van der Waals surface area contributed by atoms with Crippen molar-refractivity contribution >= 4 is 35.3 Å². The maximum absolute atomic E-state index is 9.81. The molecule has 1 aromatic heterocycles. The Balaban J connectivity index is 1.59. The lowest BCUT2D eigenvalue weighted by molar-refractivity contribution is 0.0954. The Morgan fingerprint density at radius 2 is 1.52 bits per heavy atom. The highest BCUT2D eigenvalue weighted by atomic mass is 32.1. The molecule has 2 heterocycles. The first-order chi connectivity index (χ1) is 22.3. The second kappa shape index (κ2) is 16.3. The minimum Gasteiger partial charge on any atom is -0.488 e. The summed E-state index contributed by atoms with van der Waals surface area (Å²) in [6, 6.07) is 26.6. The SMILES string of the molecule is CCCCN(CCCC)c1ccc(/C=C/c2ccc(/C=C/C3=C(C#N)C(=C(C#N)C#N)OC3(C)C)s2)c(OCc2ccccc2)c1. The zero-order chi connectivity index (χ0) is 32.9. The van der Waals surface area contributed by atoms with Gasteiger partial charge in [0.2, 0.25) is 0 Å². The first-order valence-electron chi connectivity index (χ1n) is 15.7. The van der Waals surface area contributed by atoms with E-state index in [9.17, 15) is 15.8 Å². The van der Waals surface area contributed by atoms with E-state index in [-0.39, 0.29) is 16.9 Å². The number of thiophene rings is 1. The highest BCUT2D eigenvalue weighted by Crippen LogP contribution is 2.40. The number of rotatable bonds is 14. The largest absolute Gasteiger partial charge is 0.488 e. The first kappa shape index (κ1) is 33.9. The number of hydrogen-bond donors (Lipinski definition) is 0. The molecule has 0 fully saturated rings. The second-order valence-corrected chi connectivity index (χ2v) is 12.7. The van der Waals surface area contributed by atoms with Gasteiger partial charge in [0.1, 0.15) is 41.7 Å². The van der Waals surface area contributed by atoms with Gasteiger partial charge in [0.25, 0.3) is 0 Å². The Bertz CT molecular complexity index is 1730. The van der Waals surface area contributed by atoms with Gasteiger partial charge in [0.05, 0.1) is 0 Å². The molecule has 0 radical (unpaired) electrons. The molecule has 0 atom stereocenters. The summed E-state index contributed by atoms with van der Waals surface area (Å²) in [4.78, 5) is 4.54. The van der Waals surface area contributed by atoms with Crippen molar-refractivity contribution in [1.82, 2.24) is 0 Å². The number of benzene rings is 2. The van der Waals surface area contributed by atoms with Crippen LogP contribution >= 0.6 is 11.3 Å². The van der Waals surface area contributed by atoms with E-state index in [0.29, 0.717) is 12.2 Å². The van der Waals surface area contributed by atoms with Crippen LogP contribution in [0.3, 0.4) is 0 Å². The van der Waals surface area contributed by atoms with E-state index in [4.69, 9.17) is 9.47 Å². The minimum absolute atomic E-state index is 0.0436. The standard InChI is InChI=1S/C39H40N4O2S/c1-5-7-22-43(23-8-6-2)32-16-14-30(37(24-32)44-28-29-12-10-9-11-13-29)15-17-33-18-19-34(46-33)20-21-36-35(27-42)38(31(25-40)26-41)45-39(36,3)4/h9-21,24H,5-8,22-23,28H2,1-4H3/b17-15+,21-20+. The molecule has 4 rings (SSSR count). The number of allylic oxidation sites excluding steroid dienone is 2. The molecule has 1 aliphatic rings. The third-order valence-corrected chi connectivity index (χ3v) is 8.73. The molecule has 0 amide bonds. The topological polar surface area (TPSA) is 93.1 Å². The molecule has 0 N–H and O–H groups in total. The monoisotopic (exact) mass is 628 g/mol. The molecule has 0 spiro atoms. The van der Waals surface area contributed by atoms with Crippen LogP contribution in [0.4, 0.5) is 5.69 Å². The van der Waals surface area contributed by atoms with Gasteiger partial charge in [-0.15, -0.1) is 11.3 Å². The third-order valence-electron chi connectivity index (χ3n) is 7.72. The van der Waals surface area contributed by atoms with E-state index in [1.807, 2.05) is 62.4 Å². The molecule has 0 aliphatic carbocycles. The Hall–Kier alpha value is -5.03. The van der Waals surface area contributed by atoms with Crippen LogP contribution in [-0.4, -0.2) is 18.7 Å². The predicted molar refractivity (Wildman–Crippen MR) is 188 cm³/mol. The molecular formula is C39H40N4O2S. The van der Waals surface area contributed by atoms with Crippen molar-refractivity contribution in [2.75, 3.05) is 18.0 Å². The molecule has 0 unspecified atom stereocenters. The van der Waals surface area contributed by atoms with Crippen LogP contribution in [0.15, 0.2) is 89.2 Å². The van der Waals surface area contributed by atoms with Crippen molar-refractivity contribution in [2.24, 2.45) is 0 Å². The third kappa shape index (κ3) is 8.57. The van der Waals surface area contributed by atoms with Crippen molar-refractivity contribution in [3.8, 4) is 24.0 Å². The molecule has 2 aromatic carbocycles. The van der Waals surface area contributed by atoms with Crippen LogP contribution in [0.1, 0.15) is 74.3 Å². The van der Waals surface area contributed by atoms with Crippen molar-refractivity contribution in [3.05, 3.63) is 110 Å². The average Bonchev–Trinajstić information content (AvgIpc) is 3.63. The number of nitriles is 3. The lowest BCUT2D eigenvalue weighted by Crippen LogP contribution is -2.25. The Labute approximate surface area is 277 Å². The van der Waals surface area contributed by atoms with Crippen molar-refractivity contribution in [1.29, 1.82) is 15.8 Å². The summed E-state index contributed by atoms with van der Waals surface area (Å²) in [6.07, 6.45) is 12.6. The van der Waals surface area contributed by atoms with Gasteiger partial charge in [-0.25, -0.2) is 0 Å². The van der Waals surface area contributed by atoms with E-state index in [1.54, 1.807) is 11.3 Å². The number of nitrogens with zero attached hydrogens (tertiary/aromatic N) is 4. The Morgan fingerprint density at radius 1 is 0.870 bits per heavy atom. The van der Waals surface area contributed by atoms with Gasteiger partial charge < -0.3 is 14.4 Å². The molecule has 1 aliphatic heterocycles. The van der Waals surface area contributed by atoms with Crippen LogP contribution < -0.4 is 9.64 Å². The molecular weight excluding hydrogens is 589 g/mol. The molecule has 234 valence electrons. The Kier molecular flexibility index (Phi) is 12.0. The zero-order valence-electron chi connectivity index (χ0n) is 27.0. The van der Waals surface area contributed by atoms with Crippen LogP contribution in [0.25, 0.3) is 18.2 Å². The Morgan fingerprint density at radius 3 is 2.13 bits per heavy atom. The molecule has 6 nitrogen and oxygen atoms in total. The van der Waals surface area contributed by atoms with E-state index in [0.717, 1.165) is 65.4 Å². The summed E-state index contributed by atoms with van der Waals surface area (Å²) in [5.74, 6) is 0.895. The normalized spacial score (nSPS) is 13.8. The summed E-state index contributed by atoms with van der Waals surface area (Å²) in [5.41, 5.74) is 3.11. The number of anilines is 1.